The van der Waals surface area contributed by atoms with Crippen LogP contribution in [0.3, 0.4) is 0 Å². The molecule has 0 bridgehead atoms. The van der Waals surface area contributed by atoms with Gasteiger partial charge in [-0.15, -0.1) is 0 Å². The van der Waals surface area contributed by atoms with Crippen molar-refractivity contribution in [2.24, 2.45) is 5.41 Å². The van der Waals surface area contributed by atoms with Crippen LogP contribution in [-0.4, -0.2) is 5.54 Å². The fraction of sp³-hybridized carbons (Fsp3) is 0.667. The Bertz CT molecular complexity index is 359. The van der Waals surface area contributed by atoms with Gasteiger partial charge in [0.15, 0.2) is 0 Å². The highest BCUT2D eigenvalue weighted by Gasteiger charge is 2.27. The first-order valence-electron chi connectivity index (χ1n) is 7.56. The summed E-state index contributed by atoms with van der Waals surface area (Å²) >= 11 is 0. The third kappa shape index (κ3) is 6.24. The quantitative estimate of drug-likeness (QED) is 0.729. The van der Waals surface area contributed by atoms with Gasteiger partial charge < -0.3 is 5.32 Å². The van der Waals surface area contributed by atoms with Crippen molar-refractivity contribution < 1.29 is 0 Å². The average Bonchev–Trinajstić information content (AvgIpc) is 2.26. The van der Waals surface area contributed by atoms with E-state index >= 15 is 0 Å². The number of rotatable bonds is 6. The van der Waals surface area contributed by atoms with Crippen molar-refractivity contribution in [1.82, 2.24) is 5.32 Å². The molecule has 108 valence electrons. The molecule has 0 aliphatic heterocycles. The van der Waals surface area contributed by atoms with E-state index in [4.69, 9.17) is 0 Å². The van der Waals surface area contributed by atoms with Crippen LogP contribution in [0.4, 0.5) is 0 Å². The van der Waals surface area contributed by atoms with Gasteiger partial charge in [-0.3, -0.25) is 0 Å². The largest absolute Gasteiger partial charge is 0.305 e. The lowest BCUT2D eigenvalue weighted by molar-refractivity contribution is 0.218. The molecular weight excluding hydrogens is 230 g/mol. The summed E-state index contributed by atoms with van der Waals surface area (Å²) < 4.78 is 0. The second kappa shape index (κ2) is 6.56. The van der Waals surface area contributed by atoms with E-state index < -0.39 is 0 Å². The zero-order chi connectivity index (χ0) is 14.5. The van der Waals surface area contributed by atoms with Gasteiger partial charge in [-0.2, -0.15) is 0 Å². The first-order valence-corrected chi connectivity index (χ1v) is 7.56. The second-order valence-electron chi connectivity index (χ2n) is 7.52. The molecule has 0 aliphatic rings. The van der Waals surface area contributed by atoms with Gasteiger partial charge in [0.2, 0.25) is 0 Å². The third-order valence-electron chi connectivity index (χ3n) is 3.32. The van der Waals surface area contributed by atoms with Gasteiger partial charge in [0.1, 0.15) is 0 Å². The van der Waals surface area contributed by atoms with E-state index in [1.165, 1.54) is 24.8 Å². The highest BCUT2D eigenvalue weighted by Crippen LogP contribution is 2.30. The summed E-state index contributed by atoms with van der Waals surface area (Å²) in [5.74, 6) is 0. The standard InChI is InChI=1S/C18H31N/c1-7-11-16(15-12-9-8-10-13-15)19-18(5,6)14-17(2,3)4/h8-10,12-13,16,19H,7,11,14H2,1-6H3. The molecule has 0 radical (unpaired) electrons. The van der Waals surface area contributed by atoms with Crippen molar-refractivity contribution in [2.75, 3.05) is 0 Å². The van der Waals surface area contributed by atoms with Gasteiger partial charge in [0.25, 0.3) is 0 Å². The van der Waals surface area contributed by atoms with Crippen molar-refractivity contribution in [2.45, 2.75) is 72.4 Å². The number of hydrogen-bond acceptors (Lipinski definition) is 1. The van der Waals surface area contributed by atoms with Crippen LogP contribution in [0.2, 0.25) is 0 Å². The van der Waals surface area contributed by atoms with E-state index in [9.17, 15) is 0 Å². The van der Waals surface area contributed by atoms with E-state index in [1.807, 2.05) is 0 Å². The summed E-state index contributed by atoms with van der Waals surface area (Å²) in [6.45, 7) is 13.8. The number of nitrogens with one attached hydrogen (secondary N) is 1. The average molecular weight is 261 g/mol. The van der Waals surface area contributed by atoms with Crippen LogP contribution in [-0.2, 0) is 0 Å². The fourth-order valence-corrected chi connectivity index (χ4v) is 3.14. The maximum Gasteiger partial charge on any atom is 0.0324 e. The minimum Gasteiger partial charge on any atom is -0.305 e. The van der Waals surface area contributed by atoms with Gasteiger partial charge in [-0.25, -0.2) is 0 Å². The molecule has 0 fully saturated rings. The van der Waals surface area contributed by atoms with Crippen molar-refractivity contribution >= 4 is 0 Å². The first kappa shape index (κ1) is 16.2. The lowest BCUT2D eigenvalue weighted by Crippen LogP contribution is -2.44. The fourth-order valence-electron chi connectivity index (χ4n) is 3.14. The van der Waals surface area contributed by atoms with Crippen molar-refractivity contribution in [3.63, 3.8) is 0 Å². The van der Waals surface area contributed by atoms with Gasteiger partial charge in [0, 0.05) is 11.6 Å². The molecule has 0 spiro atoms. The van der Waals surface area contributed by atoms with Crippen molar-refractivity contribution in [3.05, 3.63) is 35.9 Å². The molecule has 1 rings (SSSR count). The monoisotopic (exact) mass is 261 g/mol. The van der Waals surface area contributed by atoms with Gasteiger partial charge >= 0.3 is 0 Å². The maximum absolute atomic E-state index is 3.87. The van der Waals surface area contributed by atoms with Crippen LogP contribution >= 0.6 is 0 Å². The molecule has 0 aromatic heterocycles. The molecule has 1 unspecified atom stereocenters. The molecular formula is C18H31N. The van der Waals surface area contributed by atoms with Crippen LogP contribution < -0.4 is 5.32 Å². The van der Waals surface area contributed by atoms with Gasteiger partial charge in [-0.1, -0.05) is 64.4 Å². The van der Waals surface area contributed by atoms with E-state index in [0.717, 1.165) is 0 Å². The molecule has 0 amide bonds. The SMILES string of the molecule is CCCC(NC(C)(C)CC(C)(C)C)c1ccccc1. The summed E-state index contributed by atoms with van der Waals surface area (Å²) in [5.41, 5.74) is 1.92. The minimum absolute atomic E-state index is 0.161. The molecule has 0 saturated heterocycles. The Labute approximate surface area is 119 Å². The van der Waals surface area contributed by atoms with Crippen LogP contribution in [0, 0.1) is 5.41 Å². The van der Waals surface area contributed by atoms with Crippen LogP contribution in [0.25, 0.3) is 0 Å². The van der Waals surface area contributed by atoms with Gasteiger partial charge in [0.05, 0.1) is 0 Å². The highest BCUT2D eigenvalue weighted by molar-refractivity contribution is 5.19. The number of hydrogen-bond donors (Lipinski definition) is 1. The van der Waals surface area contributed by atoms with Gasteiger partial charge in [-0.05, 0) is 37.7 Å². The third-order valence-corrected chi connectivity index (χ3v) is 3.32. The molecule has 0 heterocycles. The first-order chi connectivity index (χ1) is 8.73. The van der Waals surface area contributed by atoms with Crippen LogP contribution in [0.15, 0.2) is 30.3 Å². The normalized spacial score (nSPS) is 14.4. The zero-order valence-electron chi connectivity index (χ0n) is 13.6. The molecule has 1 atom stereocenters. The molecule has 0 aliphatic carbocycles. The lowest BCUT2D eigenvalue weighted by Gasteiger charge is -2.37. The summed E-state index contributed by atoms with van der Waals surface area (Å²) in [6, 6.07) is 11.3. The van der Waals surface area contributed by atoms with E-state index in [-0.39, 0.29) is 5.54 Å². The maximum atomic E-state index is 3.87. The Morgan fingerprint density at radius 3 is 2.05 bits per heavy atom. The van der Waals surface area contributed by atoms with E-state index in [0.29, 0.717) is 11.5 Å². The Morgan fingerprint density at radius 1 is 1.00 bits per heavy atom. The lowest BCUT2D eigenvalue weighted by atomic mass is 9.81. The molecule has 0 saturated carbocycles. The zero-order valence-corrected chi connectivity index (χ0v) is 13.6. The summed E-state index contributed by atoms with van der Waals surface area (Å²) in [7, 11) is 0. The Kier molecular flexibility index (Phi) is 5.61. The molecule has 1 heteroatoms. The summed E-state index contributed by atoms with van der Waals surface area (Å²) in [6.07, 6.45) is 3.57. The second-order valence-corrected chi connectivity index (χ2v) is 7.52. The molecule has 1 aromatic carbocycles. The molecule has 1 N–H and O–H groups in total. The summed E-state index contributed by atoms with van der Waals surface area (Å²) in [5, 5.41) is 3.87. The van der Waals surface area contributed by atoms with E-state index in [1.54, 1.807) is 0 Å². The van der Waals surface area contributed by atoms with Crippen LogP contribution in [0.5, 0.6) is 0 Å². The number of benzene rings is 1. The molecule has 1 nitrogen and oxygen atoms in total. The smallest absolute Gasteiger partial charge is 0.0324 e. The Balaban J connectivity index is 2.79. The summed E-state index contributed by atoms with van der Waals surface area (Å²) in [4.78, 5) is 0. The topological polar surface area (TPSA) is 12.0 Å². The van der Waals surface area contributed by atoms with Crippen molar-refractivity contribution in [1.29, 1.82) is 0 Å². The molecule has 1 aromatic rings. The minimum atomic E-state index is 0.161. The Hall–Kier alpha value is -0.820. The predicted molar refractivity (Wildman–Crippen MR) is 85.4 cm³/mol. The van der Waals surface area contributed by atoms with E-state index in [2.05, 4.69) is 77.2 Å². The Morgan fingerprint density at radius 2 is 1.58 bits per heavy atom. The highest BCUT2D eigenvalue weighted by atomic mass is 15.0. The molecule has 19 heavy (non-hydrogen) atoms. The van der Waals surface area contributed by atoms with Crippen molar-refractivity contribution in [3.8, 4) is 0 Å². The van der Waals surface area contributed by atoms with Crippen LogP contribution in [0.1, 0.15) is 72.4 Å². The predicted octanol–water partition coefficient (Wildman–Crippen LogP) is 5.33.